The van der Waals surface area contributed by atoms with Crippen LogP contribution >= 0.6 is 15.9 Å². The molecule has 1 aromatic rings. The van der Waals surface area contributed by atoms with Gasteiger partial charge in [0.25, 0.3) is 0 Å². The van der Waals surface area contributed by atoms with Crippen molar-refractivity contribution in [3.05, 3.63) is 27.7 Å². The van der Waals surface area contributed by atoms with Crippen LogP contribution in [0.1, 0.15) is 23.6 Å². The second-order valence-electron chi connectivity index (χ2n) is 3.65. The van der Waals surface area contributed by atoms with E-state index in [1.807, 2.05) is 0 Å². The summed E-state index contributed by atoms with van der Waals surface area (Å²) in [5.41, 5.74) is 5.31. The minimum Gasteiger partial charge on any atom is -0.493 e. The molecule has 0 spiro atoms. The van der Waals surface area contributed by atoms with Crippen LogP contribution < -0.4 is 10.2 Å². The quantitative estimate of drug-likeness (QED) is 0.840. The molecule has 1 heterocycles. The maximum atomic E-state index is 5.67. The zero-order valence-corrected chi connectivity index (χ0v) is 10.4. The lowest BCUT2D eigenvalue weighted by Crippen LogP contribution is -2.26. The van der Waals surface area contributed by atoms with Crippen molar-refractivity contribution in [2.24, 2.45) is 0 Å². The van der Waals surface area contributed by atoms with Crippen LogP contribution in [0.3, 0.4) is 0 Å². The highest BCUT2D eigenvalue weighted by atomic mass is 79.9. The van der Waals surface area contributed by atoms with Gasteiger partial charge in [0.05, 0.1) is 19.8 Å². The Balaban J connectivity index is 2.41. The number of hydroxylamine groups is 1. The highest BCUT2D eigenvalue weighted by Crippen LogP contribution is 2.36. The first-order chi connectivity index (χ1) is 7.22. The highest BCUT2D eigenvalue weighted by molar-refractivity contribution is 9.10. The smallest absolute Gasteiger partial charge is 0.127 e. The van der Waals surface area contributed by atoms with E-state index in [0.717, 1.165) is 34.4 Å². The third-order valence-corrected chi connectivity index (χ3v) is 3.01. The molecular weight excluding hydrogens is 258 g/mol. The fourth-order valence-corrected chi connectivity index (χ4v) is 2.50. The van der Waals surface area contributed by atoms with E-state index in [4.69, 9.17) is 9.57 Å². The Hall–Kier alpha value is -0.580. The Kier molecular flexibility index (Phi) is 3.29. The predicted octanol–water partition coefficient (Wildman–Crippen LogP) is 2.73. The van der Waals surface area contributed by atoms with E-state index in [2.05, 4.69) is 40.5 Å². The Morgan fingerprint density at radius 1 is 1.53 bits per heavy atom. The number of benzene rings is 1. The molecule has 1 atom stereocenters. The van der Waals surface area contributed by atoms with Gasteiger partial charge in [-0.15, -0.1) is 0 Å². The molecule has 0 radical (unpaired) electrons. The van der Waals surface area contributed by atoms with Crippen molar-refractivity contribution in [2.45, 2.75) is 19.4 Å². The fourth-order valence-electron chi connectivity index (χ4n) is 1.91. The lowest BCUT2D eigenvalue weighted by atomic mass is 9.99. The molecule has 0 bridgehead atoms. The molecule has 0 saturated carbocycles. The van der Waals surface area contributed by atoms with Crippen molar-refractivity contribution in [3.63, 3.8) is 0 Å². The van der Waals surface area contributed by atoms with E-state index >= 15 is 0 Å². The monoisotopic (exact) mass is 271 g/mol. The average Bonchev–Trinajstić information content (AvgIpc) is 2.19. The molecule has 3 nitrogen and oxygen atoms in total. The molecule has 2 rings (SSSR count). The highest BCUT2D eigenvalue weighted by Gasteiger charge is 2.23. The molecular formula is C11H14BrNO2. The van der Waals surface area contributed by atoms with Crippen molar-refractivity contribution < 1.29 is 9.57 Å². The maximum Gasteiger partial charge on any atom is 0.127 e. The van der Waals surface area contributed by atoms with Gasteiger partial charge in [-0.3, -0.25) is 0 Å². The molecule has 1 aliphatic rings. The summed E-state index contributed by atoms with van der Waals surface area (Å²) in [5.74, 6) is 0.985. The van der Waals surface area contributed by atoms with Gasteiger partial charge in [0.15, 0.2) is 0 Å². The molecule has 0 saturated heterocycles. The number of aryl methyl sites for hydroxylation is 1. The van der Waals surface area contributed by atoms with Crippen molar-refractivity contribution in [1.29, 1.82) is 0 Å². The molecule has 0 fully saturated rings. The Morgan fingerprint density at radius 3 is 3.07 bits per heavy atom. The van der Waals surface area contributed by atoms with Gasteiger partial charge in [-0.05, 0) is 24.6 Å². The van der Waals surface area contributed by atoms with E-state index in [1.165, 1.54) is 0 Å². The Bertz CT molecular complexity index is 368. The van der Waals surface area contributed by atoms with Crippen molar-refractivity contribution in [2.75, 3.05) is 13.7 Å². The van der Waals surface area contributed by atoms with Crippen LogP contribution in [0, 0.1) is 6.92 Å². The summed E-state index contributed by atoms with van der Waals surface area (Å²) >= 11 is 3.50. The largest absolute Gasteiger partial charge is 0.493 e. The first-order valence-corrected chi connectivity index (χ1v) is 5.73. The van der Waals surface area contributed by atoms with Gasteiger partial charge in [-0.2, -0.15) is 5.48 Å². The SMILES string of the molecule is CONC1CCOc2c(C)cc(Br)cc21. The topological polar surface area (TPSA) is 30.5 Å². The molecule has 4 heteroatoms. The van der Waals surface area contributed by atoms with E-state index in [-0.39, 0.29) is 6.04 Å². The van der Waals surface area contributed by atoms with Crippen LogP contribution in [0.2, 0.25) is 0 Å². The zero-order valence-electron chi connectivity index (χ0n) is 8.84. The first kappa shape index (κ1) is 10.9. The van der Waals surface area contributed by atoms with E-state index < -0.39 is 0 Å². The molecule has 82 valence electrons. The lowest BCUT2D eigenvalue weighted by molar-refractivity contribution is 0.0461. The molecule has 0 aliphatic carbocycles. The molecule has 0 amide bonds. The van der Waals surface area contributed by atoms with Gasteiger partial charge >= 0.3 is 0 Å². The van der Waals surface area contributed by atoms with Gasteiger partial charge in [0, 0.05) is 16.5 Å². The lowest BCUT2D eigenvalue weighted by Gasteiger charge is -2.27. The van der Waals surface area contributed by atoms with E-state index in [0.29, 0.717) is 0 Å². The summed E-state index contributed by atoms with van der Waals surface area (Å²) in [5, 5.41) is 0. The number of hydrogen-bond acceptors (Lipinski definition) is 3. The molecule has 15 heavy (non-hydrogen) atoms. The zero-order chi connectivity index (χ0) is 10.8. The van der Waals surface area contributed by atoms with Gasteiger partial charge in [-0.1, -0.05) is 15.9 Å². The van der Waals surface area contributed by atoms with Gasteiger partial charge in [0.2, 0.25) is 0 Å². The molecule has 1 aliphatic heterocycles. The maximum absolute atomic E-state index is 5.67. The Morgan fingerprint density at radius 2 is 2.33 bits per heavy atom. The summed E-state index contributed by atoms with van der Waals surface area (Å²) in [6, 6.07) is 4.36. The second kappa shape index (κ2) is 4.51. The second-order valence-corrected chi connectivity index (χ2v) is 4.57. The van der Waals surface area contributed by atoms with Gasteiger partial charge in [0.1, 0.15) is 5.75 Å². The first-order valence-electron chi connectivity index (χ1n) is 4.93. The fraction of sp³-hybridized carbons (Fsp3) is 0.455. The standard InChI is InChI=1S/C11H14BrNO2/c1-7-5-8(12)6-9-10(13-14-2)3-4-15-11(7)9/h5-6,10,13H,3-4H2,1-2H3. The third-order valence-electron chi connectivity index (χ3n) is 2.56. The van der Waals surface area contributed by atoms with Crippen LogP contribution in [0.25, 0.3) is 0 Å². The van der Waals surface area contributed by atoms with Crippen LogP contribution in [-0.4, -0.2) is 13.7 Å². The molecule has 1 unspecified atom stereocenters. The molecule has 1 aromatic carbocycles. The number of rotatable bonds is 2. The van der Waals surface area contributed by atoms with Crippen molar-refractivity contribution >= 4 is 15.9 Å². The summed E-state index contributed by atoms with van der Waals surface area (Å²) in [6.07, 6.45) is 0.927. The van der Waals surface area contributed by atoms with E-state index in [1.54, 1.807) is 7.11 Å². The van der Waals surface area contributed by atoms with Crippen molar-refractivity contribution in [1.82, 2.24) is 5.48 Å². The third kappa shape index (κ3) is 2.17. The summed E-state index contributed by atoms with van der Waals surface area (Å²) < 4.78 is 6.75. The summed E-state index contributed by atoms with van der Waals surface area (Å²) in [7, 11) is 1.64. The number of halogens is 1. The van der Waals surface area contributed by atoms with Crippen LogP contribution in [0.5, 0.6) is 5.75 Å². The normalized spacial score (nSPS) is 19.5. The van der Waals surface area contributed by atoms with Crippen LogP contribution in [0.4, 0.5) is 0 Å². The number of nitrogens with one attached hydrogen (secondary N) is 1. The van der Waals surface area contributed by atoms with Crippen molar-refractivity contribution in [3.8, 4) is 5.75 Å². The average molecular weight is 272 g/mol. The van der Waals surface area contributed by atoms with Gasteiger partial charge < -0.3 is 9.57 Å². The predicted molar refractivity (Wildman–Crippen MR) is 61.9 cm³/mol. The number of ether oxygens (including phenoxy) is 1. The minimum absolute atomic E-state index is 0.218. The molecule has 0 aromatic heterocycles. The van der Waals surface area contributed by atoms with Gasteiger partial charge in [-0.25, -0.2) is 0 Å². The van der Waals surface area contributed by atoms with Crippen LogP contribution in [0.15, 0.2) is 16.6 Å². The Labute approximate surface area is 97.8 Å². The van der Waals surface area contributed by atoms with Crippen LogP contribution in [-0.2, 0) is 4.84 Å². The minimum atomic E-state index is 0.218. The summed E-state index contributed by atoms with van der Waals surface area (Å²) in [6.45, 7) is 2.79. The van der Waals surface area contributed by atoms with E-state index in [9.17, 15) is 0 Å². The molecule has 1 N–H and O–H groups in total. The number of fused-ring (bicyclic) bond motifs is 1. The number of hydrogen-bond donors (Lipinski definition) is 1. The summed E-state index contributed by atoms with van der Waals surface area (Å²) in [4.78, 5) is 5.00.